The zero-order chi connectivity index (χ0) is 20.4. The van der Waals surface area contributed by atoms with Gasteiger partial charge >= 0.3 is 0 Å². The van der Waals surface area contributed by atoms with Crippen LogP contribution >= 0.6 is 0 Å². The van der Waals surface area contributed by atoms with Crippen molar-refractivity contribution < 1.29 is 13.2 Å². The van der Waals surface area contributed by atoms with Crippen molar-refractivity contribution in [2.75, 3.05) is 4.72 Å². The lowest BCUT2D eigenvalue weighted by Gasteiger charge is -2.21. The van der Waals surface area contributed by atoms with Gasteiger partial charge in [-0.2, -0.15) is 0 Å². The van der Waals surface area contributed by atoms with Crippen LogP contribution in [0.3, 0.4) is 0 Å². The zero-order valence-corrected chi connectivity index (χ0v) is 17.6. The second kappa shape index (κ2) is 7.72. The van der Waals surface area contributed by atoms with Crippen molar-refractivity contribution in [2.24, 2.45) is 0 Å². The van der Waals surface area contributed by atoms with Crippen molar-refractivity contribution in [1.82, 2.24) is 5.32 Å². The second-order valence-corrected chi connectivity index (χ2v) is 9.71. The van der Waals surface area contributed by atoms with Crippen LogP contribution in [0.2, 0.25) is 0 Å². The number of benzene rings is 2. The Morgan fingerprint density at radius 3 is 2.26 bits per heavy atom. The van der Waals surface area contributed by atoms with Crippen LogP contribution in [0.15, 0.2) is 47.4 Å². The number of amides is 1. The van der Waals surface area contributed by atoms with Gasteiger partial charge in [0.25, 0.3) is 15.9 Å². The van der Waals surface area contributed by atoms with E-state index in [1.807, 2.05) is 59.7 Å². The van der Waals surface area contributed by atoms with Crippen molar-refractivity contribution in [3.05, 3.63) is 59.2 Å². The summed E-state index contributed by atoms with van der Waals surface area (Å²) in [4.78, 5) is 12.4. The molecule has 1 amide bonds. The maximum atomic E-state index is 12.9. The average Bonchev–Trinajstić information content (AvgIpc) is 2.55. The summed E-state index contributed by atoms with van der Waals surface area (Å²) in [5.74, 6) is -0.134. The van der Waals surface area contributed by atoms with Crippen molar-refractivity contribution in [2.45, 2.75) is 57.9 Å². The lowest BCUT2D eigenvalue weighted by Crippen LogP contribution is -2.40. The molecule has 6 heteroatoms. The number of carbonyl (C=O) groups excluding carboxylic acids is 1. The first kappa shape index (κ1) is 21.0. The van der Waals surface area contributed by atoms with Crippen LogP contribution in [0.25, 0.3) is 0 Å². The molecule has 2 aromatic rings. The topological polar surface area (TPSA) is 75.3 Å². The van der Waals surface area contributed by atoms with Crippen LogP contribution in [0.5, 0.6) is 0 Å². The highest BCUT2D eigenvalue weighted by Crippen LogP contribution is 2.29. The molecule has 0 saturated carbocycles. The molecule has 146 valence electrons. The first-order chi connectivity index (χ1) is 12.4. The van der Waals surface area contributed by atoms with Gasteiger partial charge in [-0.05, 0) is 62.9 Å². The van der Waals surface area contributed by atoms with E-state index in [1.165, 1.54) is 12.1 Å². The third-order valence-electron chi connectivity index (χ3n) is 4.06. The minimum absolute atomic E-state index is 0.0574. The number of carbonyl (C=O) groups is 1. The van der Waals surface area contributed by atoms with E-state index in [2.05, 4.69) is 10.0 Å². The molecule has 0 fully saturated rings. The van der Waals surface area contributed by atoms with Crippen molar-refractivity contribution in [1.29, 1.82) is 0 Å². The van der Waals surface area contributed by atoms with Gasteiger partial charge in [-0.3, -0.25) is 9.52 Å². The number of hydrogen-bond acceptors (Lipinski definition) is 3. The molecule has 0 aliphatic heterocycles. The highest BCUT2D eigenvalue weighted by molar-refractivity contribution is 7.92. The molecule has 0 unspecified atom stereocenters. The Morgan fingerprint density at radius 1 is 1.04 bits per heavy atom. The number of sulfonamides is 1. The molecule has 27 heavy (non-hydrogen) atoms. The number of nitrogens with one attached hydrogen (secondary N) is 2. The fraction of sp³-hybridized carbons (Fsp3) is 0.381. The molecule has 2 N–H and O–H groups in total. The molecular weight excluding hydrogens is 360 g/mol. The molecule has 2 rings (SSSR count). The SMILES string of the molecule is Cc1cccc(C(C)C)c1NS(=O)(=O)c1cccc(C(=O)NC(C)(C)C)c1. The van der Waals surface area contributed by atoms with Crippen molar-refractivity contribution in [3.63, 3.8) is 0 Å². The molecule has 0 atom stereocenters. The van der Waals surface area contributed by atoms with Gasteiger partial charge in [0.15, 0.2) is 0 Å². The van der Waals surface area contributed by atoms with Gasteiger partial charge in [0.1, 0.15) is 0 Å². The van der Waals surface area contributed by atoms with Crippen LogP contribution in [0.1, 0.15) is 62.0 Å². The standard InChI is InChI=1S/C21H28N2O3S/c1-14(2)18-12-7-9-15(3)19(18)23-27(25,26)17-11-8-10-16(13-17)20(24)22-21(4,5)6/h7-14,23H,1-6H3,(H,22,24). The van der Waals surface area contributed by atoms with Crippen LogP contribution in [0.4, 0.5) is 5.69 Å². The van der Waals surface area contributed by atoms with E-state index in [4.69, 9.17) is 0 Å². The Kier molecular flexibility index (Phi) is 6.00. The maximum absolute atomic E-state index is 12.9. The van der Waals surface area contributed by atoms with Gasteiger partial charge in [0.05, 0.1) is 10.6 Å². The largest absolute Gasteiger partial charge is 0.347 e. The Bertz CT molecular complexity index is 942. The maximum Gasteiger partial charge on any atom is 0.261 e. The van der Waals surface area contributed by atoms with E-state index in [0.717, 1.165) is 11.1 Å². The fourth-order valence-electron chi connectivity index (χ4n) is 2.72. The van der Waals surface area contributed by atoms with Crippen molar-refractivity contribution >= 4 is 21.6 Å². The van der Waals surface area contributed by atoms with E-state index >= 15 is 0 Å². The third kappa shape index (κ3) is 5.32. The zero-order valence-electron chi connectivity index (χ0n) is 16.8. The predicted molar refractivity (Wildman–Crippen MR) is 110 cm³/mol. The van der Waals surface area contributed by atoms with Gasteiger partial charge in [0.2, 0.25) is 0 Å². The number of aryl methyl sites for hydroxylation is 1. The second-order valence-electron chi connectivity index (χ2n) is 8.03. The lowest BCUT2D eigenvalue weighted by molar-refractivity contribution is 0.0919. The quantitative estimate of drug-likeness (QED) is 0.795. The summed E-state index contributed by atoms with van der Waals surface area (Å²) >= 11 is 0. The lowest BCUT2D eigenvalue weighted by atomic mass is 9.99. The van der Waals surface area contributed by atoms with Gasteiger partial charge in [-0.25, -0.2) is 8.42 Å². The Hall–Kier alpha value is -2.34. The van der Waals surface area contributed by atoms with Gasteiger partial charge in [-0.1, -0.05) is 38.1 Å². The minimum Gasteiger partial charge on any atom is -0.347 e. The van der Waals surface area contributed by atoms with Crippen LogP contribution in [0, 0.1) is 6.92 Å². The molecule has 5 nitrogen and oxygen atoms in total. The monoisotopic (exact) mass is 388 g/mol. The summed E-state index contributed by atoms with van der Waals surface area (Å²) in [6.45, 7) is 11.5. The molecule has 0 bridgehead atoms. The van der Waals surface area contributed by atoms with Crippen LogP contribution in [-0.2, 0) is 10.0 Å². The van der Waals surface area contributed by atoms with Crippen molar-refractivity contribution in [3.8, 4) is 0 Å². The highest BCUT2D eigenvalue weighted by atomic mass is 32.2. The minimum atomic E-state index is -3.82. The fourth-order valence-corrected chi connectivity index (χ4v) is 3.93. The predicted octanol–water partition coefficient (Wildman–Crippen LogP) is 4.45. The summed E-state index contributed by atoms with van der Waals surface area (Å²) in [7, 11) is -3.82. The smallest absolute Gasteiger partial charge is 0.261 e. The molecule has 0 radical (unpaired) electrons. The summed E-state index contributed by atoms with van der Waals surface area (Å²) in [5.41, 5.74) is 2.28. The number of hydrogen-bond donors (Lipinski definition) is 2. The van der Waals surface area contributed by atoms with E-state index in [0.29, 0.717) is 11.3 Å². The number of rotatable bonds is 5. The Morgan fingerprint density at radius 2 is 1.67 bits per heavy atom. The normalized spacial score (nSPS) is 12.1. The number of anilines is 1. The first-order valence-corrected chi connectivity index (χ1v) is 10.4. The van der Waals surface area contributed by atoms with Crippen LogP contribution < -0.4 is 10.0 Å². The van der Waals surface area contributed by atoms with E-state index in [9.17, 15) is 13.2 Å². The average molecular weight is 389 g/mol. The molecular formula is C21H28N2O3S. The van der Waals surface area contributed by atoms with Gasteiger partial charge in [0, 0.05) is 11.1 Å². The molecule has 0 heterocycles. The van der Waals surface area contributed by atoms with E-state index in [-0.39, 0.29) is 16.7 Å². The van der Waals surface area contributed by atoms with Gasteiger partial charge in [-0.15, -0.1) is 0 Å². The molecule has 0 spiro atoms. The first-order valence-electron chi connectivity index (χ1n) is 8.95. The van der Waals surface area contributed by atoms with Gasteiger partial charge < -0.3 is 5.32 Å². The summed E-state index contributed by atoms with van der Waals surface area (Å²) in [6, 6.07) is 11.8. The Labute approximate surface area is 162 Å². The summed E-state index contributed by atoms with van der Waals surface area (Å²) in [6.07, 6.45) is 0. The molecule has 2 aromatic carbocycles. The molecule has 0 aliphatic carbocycles. The molecule has 0 aromatic heterocycles. The van der Waals surface area contributed by atoms with E-state index in [1.54, 1.807) is 12.1 Å². The highest BCUT2D eigenvalue weighted by Gasteiger charge is 2.21. The van der Waals surface area contributed by atoms with Crippen LogP contribution in [-0.4, -0.2) is 19.9 Å². The number of para-hydroxylation sites is 1. The Balaban J connectivity index is 2.39. The summed E-state index contributed by atoms with van der Waals surface area (Å²) in [5, 5.41) is 2.84. The molecule has 0 aliphatic rings. The van der Waals surface area contributed by atoms with E-state index < -0.39 is 15.6 Å². The molecule has 0 saturated heterocycles. The third-order valence-corrected chi connectivity index (χ3v) is 5.41. The summed E-state index contributed by atoms with van der Waals surface area (Å²) < 4.78 is 28.6.